The van der Waals surface area contributed by atoms with E-state index in [1.54, 1.807) is 6.20 Å². The van der Waals surface area contributed by atoms with Gasteiger partial charge in [-0.05, 0) is 6.42 Å². The predicted octanol–water partition coefficient (Wildman–Crippen LogP) is 1.89. The number of nitrogens with zero attached hydrogens (tertiary/aromatic N) is 1. The lowest BCUT2D eigenvalue weighted by atomic mass is 10.2. The summed E-state index contributed by atoms with van der Waals surface area (Å²) in [6, 6.07) is 0. The lowest BCUT2D eigenvalue weighted by Gasteiger charge is -1.91. The van der Waals surface area contributed by atoms with E-state index in [1.165, 1.54) is 11.3 Å². The molecule has 0 aliphatic heterocycles. The van der Waals surface area contributed by atoms with Crippen molar-refractivity contribution in [3.8, 4) is 0 Å². The number of hydrogen-bond donors (Lipinski definition) is 0. The van der Waals surface area contributed by atoms with Gasteiger partial charge in [0.1, 0.15) is 5.01 Å². The van der Waals surface area contributed by atoms with Crippen molar-refractivity contribution in [1.82, 2.24) is 4.98 Å². The van der Waals surface area contributed by atoms with E-state index < -0.39 is 0 Å². The first-order valence-electron chi connectivity index (χ1n) is 3.51. The van der Waals surface area contributed by atoms with Crippen LogP contribution in [0.5, 0.6) is 0 Å². The summed E-state index contributed by atoms with van der Waals surface area (Å²) >= 11 is 1.52. The Morgan fingerprint density at radius 3 is 3.00 bits per heavy atom. The molecule has 2 nitrogen and oxygen atoms in total. The molecule has 56 valence electrons. The molecule has 1 aromatic heterocycles. The summed E-state index contributed by atoms with van der Waals surface area (Å²) in [6.07, 6.45) is 5.25. The average molecular weight is 165 g/mol. The van der Waals surface area contributed by atoms with Crippen LogP contribution in [0.2, 0.25) is 0 Å². The molecule has 2 rings (SSSR count). The van der Waals surface area contributed by atoms with E-state index in [1.807, 2.05) is 11.5 Å². The van der Waals surface area contributed by atoms with Crippen molar-refractivity contribution >= 4 is 22.7 Å². The molecule has 0 saturated carbocycles. The van der Waals surface area contributed by atoms with Gasteiger partial charge in [0.05, 0.1) is 0 Å². The molecular weight excluding hydrogens is 158 g/mol. The fourth-order valence-corrected chi connectivity index (χ4v) is 1.86. The number of rotatable bonds is 1. The molecule has 0 radical (unpaired) electrons. The highest BCUT2D eigenvalue weighted by Crippen LogP contribution is 2.25. The third-order valence-electron chi connectivity index (χ3n) is 1.68. The third kappa shape index (κ3) is 1.12. The Balaban J connectivity index is 2.37. The second-order valence-electron chi connectivity index (χ2n) is 2.42. The van der Waals surface area contributed by atoms with Crippen LogP contribution in [-0.4, -0.2) is 10.8 Å². The number of allylic oxidation sites excluding steroid dienone is 2. The topological polar surface area (TPSA) is 30.0 Å². The summed E-state index contributed by atoms with van der Waals surface area (Å²) in [5.74, 6) is 0.236. The van der Waals surface area contributed by atoms with Crippen molar-refractivity contribution < 1.29 is 4.79 Å². The number of thiazole rings is 1. The van der Waals surface area contributed by atoms with E-state index in [-0.39, 0.29) is 5.78 Å². The Bertz CT molecular complexity index is 300. The van der Waals surface area contributed by atoms with Crippen molar-refractivity contribution in [2.75, 3.05) is 0 Å². The molecule has 3 heteroatoms. The van der Waals surface area contributed by atoms with Crippen LogP contribution in [0.25, 0.3) is 5.57 Å². The molecule has 1 aliphatic rings. The third-order valence-corrected chi connectivity index (χ3v) is 2.49. The molecular formula is C8H7NOS. The van der Waals surface area contributed by atoms with E-state index in [9.17, 15) is 4.79 Å². The lowest BCUT2D eigenvalue weighted by Crippen LogP contribution is -1.93. The first kappa shape index (κ1) is 6.73. The molecule has 1 aromatic rings. The van der Waals surface area contributed by atoms with Gasteiger partial charge < -0.3 is 0 Å². The van der Waals surface area contributed by atoms with E-state index >= 15 is 0 Å². The van der Waals surface area contributed by atoms with Crippen molar-refractivity contribution in [3.63, 3.8) is 0 Å². The molecule has 0 spiro atoms. The number of Topliss-reactive ketones (excluding diaryl/α,β-unsaturated/α-hetero) is 1. The van der Waals surface area contributed by atoms with E-state index in [0.717, 1.165) is 17.0 Å². The Labute approximate surface area is 68.6 Å². The van der Waals surface area contributed by atoms with Crippen molar-refractivity contribution in [3.05, 3.63) is 22.7 Å². The van der Waals surface area contributed by atoms with Gasteiger partial charge in [0.2, 0.25) is 0 Å². The number of carbonyl (C=O) groups is 1. The van der Waals surface area contributed by atoms with Gasteiger partial charge in [-0.15, -0.1) is 11.3 Å². The lowest BCUT2D eigenvalue weighted by molar-refractivity contribution is -0.113. The summed E-state index contributed by atoms with van der Waals surface area (Å²) in [7, 11) is 0. The molecule has 0 bridgehead atoms. The number of carbonyl (C=O) groups excluding carboxylic acids is 1. The van der Waals surface area contributed by atoms with Crippen LogP contribution in [0, 0.1) is 0 Å². The zero-order chi connectivity index (χ0) is 7.68. The SMILES string of the molecule is O=C1CCC=C1c1nccs1. The second-order valence-corrected chi connectivity index (χ2v) is 3.31. The Kier molecular flexibility index (Phi) is 1.58. The fourth-order valence-electron chi connectivity index (χ4n) is 1.16. The van der Waals surface area contributed by atoms with E-state index in [0.29, 0.717) is 6.42 Å². The molecule has 1 heterocycles. The van der Waals surface area contributed by atoms with Crippen molar-refractivity contribution in [2.24, 2.45) is 0 Å². The minimum absolute atomic E-state index is 0.236. The normalized spacial score (nSPS) is 17.1. The summed E-state index contributed by atoms with van der Waals surface area (Å²) in [5.41, 5.74) is 0.819. The van der Waals surface area contributed by atoms with Gasteiger partial charge in [-0.2, -0.15) is 0 Å². The molecule has 0 fully saturated rings. The molecule has 0 amide bonds. The van der Waals surface area contributed by atoms with Crippen LogP contribution in [0.3, 0.4) is 0 Å². The van der Waals surface area contributed by atoms with Crippen molar-refractivity contribution in [1.29, 1.82) is 0 Å². The second kappa shape index (κ2) is 2.58. The number of aromatic nitrogens is 1. The Hall–Kier alpha value is -0.960. The maximum Gasteiger partial charge on any atom is 0.165 e. The van der Waals surface area contributed by atoms with E-state index in [2.05, 4.69) is 4.98 Å². The van der Waals surface area contributed by atoms with Crippen LogP contribution in [0.15, 0.2) is 17.7 Å². The predicted molar refractivity (Wildman–Crippen MR) is 44.3 cm³/mol. The Morgan fingerprint density at radius 2 is 2.45 bits per heavy atom. The number of ketones is 1. The van der Waals surface area contributed by atoms with Gasteiger partial charge in [-0.3, -0.25) is 4.79 Å². The molecule has 1 aliphatic carbocycles. The quantitative estimate of drug-likeness (QED) is 0.636. The van der Waals surface area contributed by atoms with Crippen LogP contribution < -0.4 is 0 Å². The van der Waals surface area contributed by atoms with Crippen LogP contribution in [0.1, 0.15) is 17.8 Å². The monoisotopic (exact) mass is 165 g/mol. The van der Waals surface area contributed by atoms with Gasteiger partial charge >= 0.3 is 0 Å². The highest BCUT2D eigenvalue weighted by molar-refractivity contribution is 7.11. The standard InChI is InChI=1S/C8H7NOS/c10-7-3-1-2-6(7)8-9-4-5-11-8/h2,4-5H,1,3H2. The molecule has 0 atom stereocenters. The summed E-state index contributed by atoms with van der Waals surface area (Å²) < 4.78 is 0. The molecule has 0 saturated heterocycles. The van der Waals surface area contributed by atoms with Gasteiger partial charge in [0.25, 0.3) is 0 Å². The maximum absolute atomic E-state index is 11.2. The van der Waals surface area contributed by atoms with Gasteiger partial charge in [-0.1, -0.05) is 6.08 Å². The molecule has 0 unspecified atom stereocenters. The van der Waals surface area contributed by atoms with Crippen LogP contribution >= 0.6 is 11.3 Å². The van der Waals surface area contributed by atoms with E-state index in [4.69, 9.17) is 0 Å². The van der Waals surface area contributed by atoms with Crippen LogP contribution in [-0.2, 0) is 4.79 Å². The summed E-state index contributed by atoms with van der Waals surface area (Å²) in [4.78, 5) is 15.2. The first-order chi connectivity index (χ1) is 5.38. The fraction of sp³-hybridized carbons (Fsp3) is 0.250. The highest BCUT2D eigenvalue weighted by Gasteiger charge is 2.17. The molecule has 0 aromatic carbocycles. The summed E-state index contributed by atoms with van der Waals surface area (Å²) in [5, 5.41) is 2.76. The molecule has 11 heavy (non-hydrogen) atoms. The summed E-state index contributed by atoms with van der Waals surface area (Å²) in [6.45, 7) is 0. The Morgan fingerprint density at radius 1 is 1.55 bits per heavy atom. The van der Waals surface area contributed by atoms with Gasteiger partial charge in [0, 0.05) is 23.6 Å². The minimum Gasteiger partial charge on any atom is -0.294 e. The van der Waals surface area contributed by atoms with Gasteiger partial charge in [0.15, 0.2) is 5.78 Å². The zero-order valence-electron chi connectivity index (χ0n) is 5.91. The number of hydrogen-bond acceptors (Lipinski definition) is 3. The first-order valence-corrected chi connectivity index (χ1v) is 4.39. The molecule has 0 N–H and O–H groups in total. The van der Waals surface area contributed by atoms with Crippen molar-refractivity contribution in [2.45, 2.75) is 12.8 Å². The highest BCUT2D eigenvalue weighted by atomic mass is 32.1. The smallest absolute Gasteiger partial charge is 0.165 e. The van der Waals surface area contributed by atoms with Gasteiger partial charge in [-0.25, -0.2) is 4.98 Å². The van der Waals surface area contributed by atoms with Crippen LogP contribution in [0.4, 0.5) is 0 Å². The maximum atomic E-state index is 11.2. The largest absolute Gasteiger partial charge is 0.294 e. The minimum atomic E-state index is 0.236. The average Bonchev–Trinajstić information content (AvgIpc) is 2.55. The zero-order valence-corrected chi connectivity index (χ0v) is 6.73.